The Labute approximate surface area is 198 Å². The van der Waals surface area contributed by atoms with Crippen molar-refractivity contribution in [2.75, 3.05) is 50.7 Å². The third kappa shape index (κ3) is 4.73. The minimum atomic E-state index is -0.242. The van der Waals surface area contributed by atoms with Crippen LogP contribution in [0.4, 0.5) is 10.2 Å². The van der Waals surface area contributed by atoms with Gasteiger partial charge in [0.2, 0.25) is 5.91 Å². The molecule has 174 valence electrons. The van der Waals surface area contributed by atoms with Gasteiger partial charge in [0.15, 0.2) is 0 Å². The highest BCUT2D eigenvalue weighted by Gasteiger charge is 2.28. The standard InChI is InChI=1S/C25H30FN5OS/c1-17-11-18(2)13-31(12-17)22(32)14-29-7-9-30(10-8-29)24-23-21(15-33-25(23)28-16-27-24)19-3-5-20(26)6-4-19/h3-6,15-18H,7-14H2,1-2H3. The molecule has 3 aromatic rings. The van der Waals surface area contributed by atoms with Crippen molar-refractivity contribution in [3.05, 3.63) is 41.8 Å². The number of benzene rings is 1. The molecule has 0 N–H and O–H groups in total. The third-order valence-electron chi connectivity index (χ3n) is 6.76. The number of aromatic nitrogens is 2. The zero-order chi connectivity index (χ0) is 22.9. The number of likely N-dealkylation sites (tertiary alicyclic amines) is 1. The number of carbonyl (C=O) groups is 1. The molecular formula is C25H30FN5OS. The van der Waals surface area contributed by atoms with Gasteiger partial charge >= 0.3 is 0 Å². The van der Waals surface area contributed by atoms with Crippen molar-refractivity contribution in [2.45, 2.75) is 20.3 Å². The molecule has 33 heavy (non-hydrogen) atoms. The molecule has 0 spiro atoms. The normalized spacial score (nSPS) is 22.2. The van der Waals surface area contributed by atoms with E-state index in [2.05, 4.69) is 43.9 Å². The smallest absolute Gasteiger partial charge is 0.236 e. The van der Waals surface area contributed by atoms with Crippen LogP contribution < -0.4 is 4.90 Å². The molecule has 0 aliphatic carbocycles. The average molecular weight is 468 g/mol. The zero-order valence-corrected chi connectivity index (χ0v) is 20.0. The van der Waals surface area contributed by atoms with Crippen molar-refractivity contribution >= 4 is 33.3 Å². The molecule has 2 fully saturated rings. The van der Waals surface area contributed by atoms with Crippen LogP contribution in [0.2, 0.25) is 0 Å². The second kappa shape index (κ2) is 9.35. The van der Waals surface area contributed by atoms with Gasteiger partial charge < -0.3 is 9.80 Å². The zero-order valence-electron chi connectivity index (χ0n) is 19.2. The van der Waals surface area contributed by atoms with Gasteiger partial charge in [0.1, 0.15) is 22.8 Å². The highest BCUT2D eigenvalue weighted by atomic mass is 32.1. The van der Waals surface area contributed by atoms with E-state index in [1.807, 2.05) is 0 Å². The van der Waals surface area contributed by atoms with E-state index in [1.54, 1.807) is 29.8 Å². The first-order valence-electron chi connectivity index (χ1n) is 11.7. The molecule has 2 aromatic heterocycles. The molecule has 1 amide bonds. The summed E-state index contributed by atoms with van der Waals surface area (Å²) in [6.45, 7) is 10.0. The summed E-state index contributed by atoms with van der Waals surface area (Å²) in [4.78, 5) is 29.5. The number of carbonyl (C=O) groups excluding carboxylic acids is 1. The summed E-state index contributed by atoms with van der Waals surface area (Å²) in [5.74, 6) is 2.09. The number of rotatable bonds is 4. The van der Waals surface area contributed by atoms with Crippen LogP contribution in [0, 0.1) is 17.7 Å². The lowest BCUT2D eigenvalue weighted by molar-refractivity contribution is -0.135. The number of fused-ring (bicyclic) bond motifs is 1. The van der Waals surface area contributed by atoms with Gasteiger partial charge in [-0.15, -0.1) is 11.3 Å². The highest BCUT2D eigenvalue weighted by Crippen LogP contribution is 2.38. The van der Waals surface area contributed by atoms with E-state index in [0.717, 1.165) is 66.4 Å². The molecule has 2 aliphatic heterocycles. The number of nitrogens with zero attached hydrogens (tertiary/aromatic N) is 5. The number of piperazine rings is 1. The van der Waals surface area contributed by atoms with Crippen LogP contribution in [0.3, 0.4) is 0 Å². The quantitative estimate of drug-likeness (QED) is 0.578. The monoisotopic (exact) mass is 467 g/mol. The van der Waals surface area contributed by atoms with E-state index in [9.17, 15) is 9.18 Å². The average Bonchev–Trinajstić information content (AvgIpc) is 3.24. The maximum absolute atomic E-state index is 13.4. The Bertz CT molecular complexity index is 1120. The van der Waals surface area contributed by atoms with Gasteiger partial charge in [-0.25, -0.2) is 14.4 Å². The summed E-state index contributed by atoms with van der Waals surface area (Å²) < 4.78 is 13.4. The number of hydrogen-bond donors (Lipinski definition) is 0. The van der Waals surface area contributed by atoms with Gasteiger partial charge in [0.05, 0.1) is 11.9 Å². The van der Waals surface area contributed by atoms with Crippen LogP contribution in [-0.2, 0) is 4.79 Å². The van der Waals surface area contributed by atoms with Gasteiger partial charge in [0, 0.05) is 50.2 Å². The van der Waals surface area contributed by atoms with Crippen molar-refractivity contribution in [3.8, 4) is 11.1 Å². The summed E-state index contributed by atoms with van der Waals surface area (Å²) in [5, 5.41) is 3.10. The Morgan fingerprint density at radius 2 is 1.76 bits per heavy atom. The second-order valence-corrected chi connectivity index (χ2v) is 10.4. The number of hydrogen-bond acceptors (Lipinski definition) is 6. The van der Waals surface area contributed by atoms with Crippen molar-refractivity contribution in [1.29, 1.82) is 0 Å². The largest absolute Gasteiger partial charge is 0.353 e. The lowest BCUT2D eigenvalue weighted by atomic mass is 9.92. The van der Waals surface area contributed by atoms with Crippen molar-refractivity contribution in [2.24, 2.45) is 11.8 Å². The van der Waals surface area contributed by atoms with Crippen molar-refractivity contribution in [3.63, 3.8) is 0 Å². The molecule has 0 radical (unpaired) electrons. The van der Waals surface area contributed by atoms with E-state index in [-0.39, 0.29) is 11.7 Å². The Balaban J connectivity index is 1.28. The molecule has 2 saturated heterocycles. The van der Waals surface area contributed by atoms with Crippen LogP contribution in [0.25, 0.3) is 21.3 Å². The van der Waals surface area contributed by atoms with Crippen LogP contribution in [0.5, 0.6) is 0 Å². The maximum atomic E-state index is 13.4. The molecule has 2 aliphatic rings. The molecule has 5 rings (SSSR count). The Morgan fingerprint density at radius 3 is 2.45 bits per heavy atom. The minimum Gasteiger partial charge on any atom is -0.353 e. The third-order valence-corrected chi connectivity index (χ3v) is 7.64. The van der Waals surface area contributed by atoms with E-state index < -0.39 is 0 Å². The molecule has 4 heterocycles. The lowest BCUT2D eigenvalue weighted by Gasteiger charge is -2.38. The van der Waals surface area contributed by atoms with E-state index >= 15 is 0 Å². The van der Waals surface area contributed by atoms with Crippen molar-refractivity contribution < 1.29 is 9.18 Å². The summed E-state index contributed by atoms with van der Waals surface area (Å²) in [7, 11) is 0. The molecule has 0 bridgehead atoms. The minimum absolute atomic E-state index is 0.242. The molecule has 1 aromatic carbocycles. The molecule has 2 unspecified atom stereocenters. The predicted octanol–water partition coefficient (Wildman–Crippen LogP) is 4.12. The van der Waals surface area contributed by atoms with Gasteiger partial charge in [-0.1, -0.05) is 26.0 Å². The summed E-state index contributed by atoms with van der Waals surface area (Å²) in [5.41, 5.74) is 2.00. The van der Waals surface area contributed by atoms with E-state index in [4.69, 9.17) is 0 Å². The first-order chi connectivity index (χ1) is 16.0. The fraction of sp³-hybridized carbons (Fsp3) is 0.480. The first-order valence-corrected chi connectivity index (χ1v) is 12.6. The Kier molecular flexibility index (Phi) is 6.29. The summed E-state index contributed by atoms with van der Waals surface area (Å²) >= 11 is 1.58. The first kappa shape index (κ1) is 22.2. The van der Waals surface area contributed by atoms with E-state index in [1.165, 1.54) is 18.6 Å². The number of thiophene rings is 1. The van der Waals surface area contributed by atoms with Gasteiger partial charge in [-0.05, 0) is 36.0 Å². The summed E-state index contributed by atoms with van der Waals surface area (Å²) in [6.07, 6.45) is 2.83. The molecular weight excluding hydrogens is 437 g/mol. The SMILES string of the molecule is CC1CC(C)CN(C(=O)CN2CCN(c3ncnc4scc(-c5ccc(F)cc5)c34)CC2)C1. The van der Waals surface area contributed by atoms with Gasteiger partial charge in [0.25, 0.3) is 0 Å². The number of anilines is 1. The maximum Gasteiger partial charge on any atom is 0.236 e. The molecule has 6 nitrogen and oxygen atoms in total. The van der Waals surface area contributed by atoms with Crippen LogP contribution in [-0.4, -0.2) is 71.5 Å². The second-order valence-electron chi connectivity index (χ2n) is 9.54. The van der Waals surface area contributed by atoms with Gasteiger partial charge in [-0.2, -0.15) is 0 Å². The van der Waals surface area contributed by atoms with Crippen LogP contribution in [0.1, 0.15) is 20.3 Å². The lowest BCUT2D eigenvalue weighted by Crippen LogP contribution is -2.52. The molecule has 0 saturated carbocycles. The summed E-state index contributed by atoms with van der Waals surface area (Å²) in [6, 6.07) is 6.59. The molecule has 2 atom stereocenters. The fourth-order valence-corrected chi connectivity index (χ4v) is 6.13. The molecule has 8 heteroatoms. The highest BCUT2D eigenvalue weighted by molar-refractivity contribution is 7.17. The number of amides is 1. The Hall–Kier alpha value is -2.58. The van der Waals surface area contributed by atoms with E-state index in [0.29, 0.717) is 18.4 Å². The number of halogens is 1. The predicted molar refractivity (Wildman–Crippen MR) is 131 cm³/mol. The fourth-order valence-electron chi connectivity index (χ4n) is 5.22. The van der Waals surface area contributed by atoms with Gasteiger partial charge in [-0.3, -0.25) is 9.69 Å². The van der Waals surface area contributed by atoms with Crippen LogP contribution >= 0.6 is 11.3 Å². The van der Waals surface area contributed by atoms with Crippen LogP contribution in [0.15, 0.2) is 36.0 Å². The van der Waals surface area contributed by atoms with Crippen molar-refractivity contribution in [1.82, 2.24) is 19.8 Å². The Morgan fingerprint density at radius 1 is 1.06 bits per heavy atom. The topological polar surface area (TPSA) is 52.6 Å². The number of piperidine rings is 1.